The van der Waals surface area contributed by atoms with Gasteiger partial charge in [-0.1, -0.05) is 11.6 Å². The minimum absolute atomic E-state index is 0.125. The van der Waals surface area contributed by atoms with Crippen LogP contribution in [0.5, 0.6) is 11.5 Å². The molecule has 136 valence electrons. The number of H-pyrrole nitrogens is 1. The van der Waals surface area contributed by atoms with Crippen LogP contribution in [0.2, 0.25) is 5.02 Å². The lowest BCUT2D eigenvalue weighted by Gasteiger charge is -2.28. The molecule has 0 fully saturated rings. The van der Waals surface area contributed by atoms with E-state index in [2.05, 4.69) is 25.8 Å². The SMILES string of the molecule is NC1(c2c(Cl)ccc3c2OCO3)C=CNC(Nc2ccc3cn[nH]c3c2)=N1. The van der Waals surface area contributed by atoms with Gasteiger partial charge in [-0.2, -0.15) is 5.10 Å². The molecule has 0 radical (unpaired) electrons. The van der Waals surface area contributed by atoms with Crippen molar-refractivity contribution in [1.29, 1.82) is 0 Å². The normalized spacial score (nSPS) is 20.4. The first-order valence-corrected chi connectivity index (χ1v) is 8.62. The topological polar surface area (TPSA) is 110 Å². The van der Waals surface area contributed by atoms with E-state index < -0.39 is 5.66 Å². The Kier molecular flexibility index (Phi) is 3.49. The first kappa shape index (κ1) is 16.0. The van der Waals surface area contributed by atoms with Crippen molar-refractivity contribution in [2.45, 2.75) is 5.66 Å². The summed E-state index contributed by atoms with van der Waals surface area (Å²) in [5, 5.41) is 14.7. The number of aliphatic imine (C=N–C) groups is 1. The molecule has 0 bridgehead atoms. The molecule has 5 rings (SSSR count). The Labute approximate surface area is 159 Å². The quantitative estimate of drug-likeness (QED) is 0.542. The lowest BCUT2D eigenvalue weighted by Crippen LogP contribution is -2.42. The van der Waals surface area contributed by atoms with Crippen LogP contribution in [0.4, 0.5) is 5.69 Å². The van der Waals surface area contributed by atoms with Gasteiger partial charge in [0.15, 0.2) is 17.2 Å². The van der Waals surface area contributed by atoms with Crippen LogP contribution in [-0.2, 0) is 5.66 Å². The zero-order valence-corrected chi connectivity index (χ0v) is 14.7. The lowest BCUT2D eigenvalue weighted by molar-refractivity contribution is 0.172. The zero-order chi connectivity index (χ0) is 18.4. The number of rotatable bonds is 2. The van der Waals surface area contributed by atoms with Gasteiger partial charge in [0.2, 0.25) is 12.8 Å². The predicted octanol–water partition coefficient (Wildman–Crippen LogP) is 2.64. The zero-order valence-electron chi connectivity index (χ0n) is 14.0. The molecule has 2 aromatic carbocycles. The van der Waals surface area contributed by atoms with Crippen molar-refractivity contribution in [3.05, 3.63) is 59.4 Å². The Morgan fingerprint density at radius 3 is 3.07 bits per heavy atom. The fraction of sp³-hybridized carbons (Fsp3) is 0.111. The highest BCUT2D eigenvalue weighted by Crippen LogP contribution is 2.45. The summed E-state index contributed by atoms with van der Waals surface area (Å²) in [5.74, 6) is 1.59. The second kappa shape index (κ2) is 5.90. The largest absolute Gasteiger partial charge is 0.454 e. The van der Waals surface area contributed by atoms with E-state index in [9.17, 15) is 0 Å². The minimum atomic E-state index is -1.21. The Balaban J connectivity index is 1.52. The van der Waals surface area contributed by atoms with E-state index in [0.717, 1.165) is 16.6 Å². The molecule has 1 unspecified atom stereocenters. The number of aromatic nitrogens is 2. The Morgan fingerprint density at radius 1 is 1.22 bits per heavy atom. The average Bonchev–Trinajstić information content (AvgIpc) is 3.29. The second-order valence-corrected chi connectivity index (χ2v) is 6.62. The summed E-state index contributed by atoms with van der Waals surface area (Å²) in [7, 11) is 0. The molecule has 9 heteroatoms. The fourth-order valence-electron chi connectivity index (χ4n) is 3.18. The predicted molar refractivity (Wildman–Crippen MR) is 103 cm³/mol. The summed E-state index contributed by atoms with van der Waals surface area (Å²) in [4.78, 5) is 4.62. The molecule has 1 atom stereocenters. The van der Waals surface area contributed by atoms with E-state index >= 15 is 0 Å². The molecule has 0 spiro atoms. The first-order chi connectivity index (χ1) is 13.1. The number of fused-ring (bicyclic) bond motifs is 2. The summed E-state index contributed by atoms with van der Waals surface area (Å²) in [6.45, 7) is 0.125. The van der Waals surface area contributed by atoms with E-state index in [4.69, 9.17) is 26.8 Å². The standard InChI is InChI=1S/C18H15ClN6O2/c19-12-3-4-14-16(27-9-26-14)15(12)18(20)5-6-21-17(24-18)23-11-2-1-10-8-22-25-13(10)7-11/h1-8H,9,20H2,(H,22,25)(H2,21,23,24). The molecule has 1 aromatic heterocycles. The van der Waals surface area contributed by atoms with Crippen LogP contribution in [0.3, 0.4) is 0 Å². The van der Waals surface area contributed by atoms with Crippen molar-refractivity contribution in [3.63, 3.8) is 0 Å². The molecule has 3 heterocycles. The molecule has 5 N–H and O–H groups in total. The number of nitrogens with two attached hydrogens (primary N) is 1. The van der Waals surface area contributed by atoms with Gasteiger partial charge in [0.1, 0.15) is 0 Å². The number of anilines is 1. The molecular formula is C18H15ClN6O2. The van der Waals surface area contributed by atoms with Gasteiger partial charge in [0.25, 0.3) is 0 Å². The van der Waals surface area contributed by atoms with Crippen LogP contribution in [-0.4, -0.2) is 22.9 Å². The van der Waals surface area contributed by atoms with E-state index in [1.54, 1.807) is 30.6 Å². The molecule has 0 saturated carbocycles. The molecular weight excluding hydrogens is 368 g/mol. The number of benzene rings is 2. The van der Waals surface area contributed by atoms with E-state index in [1.165, 1.54) is 0 Å². The molecule has 2 aliphatic heterocycles. The number of guanidine groups is 1. The van der Waals surface area contributed by atoms with Crippen LogP contribution < -0.4 is 25.8 Å². The average molecular weight is 383 g/mol. The molecule has 8 nitrogen and oxygen atoms in total. The van der Waals surface area contributed by atoms with Gasteiger partial charge < -0.3 is 20.1 Å². The number of nitrogens with zero attached hydrogens (tertiary/aromatic N) is 2. The van der Waals surface area contributed by atoms with Crippen LogP contribution in [0, 0.1) is 0 Å². The highest BCUT2D eigenvalue weighted by Gasteiger charge is 2.36. The van der Waals surface area contributed by atoms with E-state index in [0.29, 0.717) is 28.0 Å². The van der Waals surface area contributed by atoms with Crippen molar-refractivity contribution in [1.82, 2.24) is 15.5 Å². The minimum Gasteiger partial charge on any atom is -0.454 e. The summed E-state index contributed by atoms with van der Waals surface area (Å²) >= 11 is 6.42. The highest BCUT2D eigenvalue weighted by atomic mass is 35.5. The third-order valence-corrected chi connectivity index (χ3v) is 4.76. The van der Waals surface area contributed by atoms with Gasteiger partial charge in [-0.25, -0.2) is 4.99 Å². The number of halogens is 1. The second-order valence-electron chi connectivity index (χ2n) is 6.22. The van der Waals surface area contributed by atoms with Crippen molar-refractivity contribution < 1.29 is 9.47 Å². The molecule has 0 amide bonds. The monoisotopic (exact) mass is 382 g/mol. The fourth-order valence-corrected chi connectivity index (χ4v) is 3.48. The number of ether oxygens (including phenoxy) is 2. The first-order valence-electron chi connectivity index (χ1n) is 8.24. The number of hydrogen-bond acceptors (Lipinski definition) is 7. The van der Waals surface area contributed by atoms with Gasteiger partial charge in [0, 0.05) is 17.3 Å². The number of aromatic amines is 1. The third-order valence-electron chi connectivity index (χ3n) is 4.45. The van der Waals surface area contributed by atoms with Gasteiger partial charge in [-0.15, -0.1) is 0 Å². The molecule has 3 aromatic rings. The van der Waals surface area contributed by atoms with E-state index in [1.807, 2.05) is 18.2 Å². The summed E-state index contributed by atoms with van der Waals surface area (Å²) < 4.78 is 11.0. The lowest BCUT2D eigenvalue weighted by atomic mass is 9.98. The molecule has 0 aliphatic carbocycles. The Bertz CT molecular complexity index is 1110. The van der Waals surface area contributed by atoms with Crippen LogP contribution in [0.25, 0.3) is 10.9 Å². The highest BCUT2D eigenvalue weighted by molar-refractivity contribution is 6.31. The van der Waals surface area contributed by atoms with Crippen LogP contribution >= 0.6 is 11.6 Å². The molecule has 27 heavy (non-hydrogen) atoms. The van der Waals surface area contributed by atoms with Crippen molar-refractivity contribution >= 4 is 34.2 Å². The maximum Gasteiger partial charge on any atom is 0.231 e. The van der Waals surface area contributed by atoms with Crippen molar-refractivity contribution in [3.8, 4) is 11.5 Å². The summed E-state index contributed by atoms with van der Waals surface area (Å²) in [5.41, 5.74) is 7.68. The van der Waals surface area contributed by atoms with Crippen LogP contribution in [0.1, 0.15) is 5.56 Å². The number of hydrogen-bond donors (Lipinski definition) is 4. The van der Waals surface area contributed by atoms with Gasteiger partial charge >= 0.3 is 0 Å². The Hall–Kier alpha value is -3.23. The van der Waals surface area contributed by atoms with Gasteiger partial charge in [-0.05, 0) is 36.4 Å². The smallest absolute Gasteiger partial charge is 0.231 e. The Morgan fingerprint density at radius 2 is 2.15 bits per heavy atom. The van der Waals surface area contributed by atoms with Crippen molar-refractivity contribution in [2.24, 2.45) is 10.7 Å². The molecule has 0 saturated heterocycles. The van der Waals surface area contributed by atoms with E-state index in [-0.39, 0.29) is 6.79 Å². The van der Waals surface area contributed by atoms with Gasteiger partial charge in [-0.3, -0.25) is 10.8 Å². The summed E-state index contributed by atoms with van der Waals surface area (Å²) in [6, 6.07) is 9.31. The van der Waals surface area contributed by atoms with Crippen molar-refractivity contribution in [2.75, 3.05) is 12.1 Å². The number of nitrogens with one attached hydrogen (secondary N) is 3. The summed E-state index contributed by atoms with van der Waals surface area (Å²) in [6.07, 6.45) is 5.21. The van der Waals surface area contributed by atoms with Crippen LogP contribution in [0.15, 0.2) is 53.8 Å². The third kappa shape index (κ3) is 2.66. The molecule has 2 aliphatic rings. The van der Waals surface area contributed by atoms with Gasteiger partial charge in [0.05, 0.1) is 22.3 Å². The maximum atomic E-state index is 6.58. The maximum absolute atomic E-state index is 6.58.